The van der Waals surface area contributed by atoms with Gasteiger partial charge < -0.3 is 0 Å². The largest absolute Gasteiger partial charge is 0.0843 e. The van der Waals surface area contributed by atoms with Crippen LogP contribution in [0.4, 0.5) is 0 Å². The quantitative estimate of drug-likeness (QED) is 0.539. The Balaban J connectivity index is 2.27. The summed E-state index contributed by atoms with van der Waals surface area (Å²) in [6.45, 7) is 2.14. The highest BCUT2D eigenvalue weighted by Crippen LogP contribution is 2.29. The molecular formula is C17H13Cl. The Bertz CT molecular complexity index is 699. The van der Waals surface area contributed by atoms with Gasteiger partial charge in [-0.25, -0.2) is 0 Å². The fourth-order valence-electron chi connectivity index (χ4n) is 2.33. The molecule has 0 saturated carbocycles. The predicted octanol–water partition coefficient (Wildman–Crippen LogP) is 5.47. The number of hydrogen-bond acceptors (Lipinski definition) is 0. The molecule has 0 unspecified atom stereocenters. The van der Waals surface area contributed by atoms with Crippen LogP contribution < -0.4 is 0 Å². The van der Waals surface area contributed by atoms with Crippen LogP contribution in [0.2, 0.25) is 5.02 Å². The second-order valence-electron chi connectivity index (χ2n) is 4.52. The Labute approximate surface area is 112 Å². The van der Waals surface area contributed by atoms with E-state index in [1.807, 2.05) is 18.2 Å². The summed E-state index contributed by atoms with van der Waals surface area (Å²) >= 11 is 6.07. The van der Waals surface area contributed by atoms with Crippen molar-refractivity contribution in [1.29, 1.82) is 0 Å². The minimum Gasteiger partial charge on any atom is -0.0843 e. The van der Waals surface area contributed by atoms with Crippen molar-refractivity contribution in [3.8, 4) is 11.1 Å². The molecule has 0 amide bonds. The molecule has 88 valence electrons. The predicted molar refractivity (Wildman–Crippen MR) is 79.1 cm³/mol. The lowest BCUT2D eigenvalue weighted by atomic mass is 9.98. The van der Waals surface area contributed by atoms with Crippen LogP contribution in [0.25, 0.3) is 21.9 Å². The fourth-order valence-corrected chi connectivity index (χ4v) is 2.51. The van der Waals surface area contributed by atoms with Crippen molar-refractivity contribution < 1.29 is 0 Å². The van der Waals surface area contributed by atoms with Crippen molar-refractivity contribution in [3.05, 3.63) is 71.2 Å². The summed E-state index contributed by atoms with van der Waals surface area (Å²) in [5.74, 6) is 0. The lowest BCUT2D eigenvalue weighted by molar-refractivity contribution is 1.52. The molecule has 1 heteroatoms. The van der Waals surface area contributed by atoms with E-state index in [2.05, 4.69) is 49.4 Å². The van der Waals surface area contributed by atoms with Crippen molar-refractivity contribution in [2.45, 2.75) is 6.92 Å². The summed E-state index contributed by atoms with van der Waals surface area (Å²) in [4.78, 5) is 0. The molecule has 0 aliphatic carbocycles. The average molecular weight is 253 g/mol. The normalized spacial score (nSPS) is 10.8. The van der Waals surface area contributed by atoms with Crippen LogP contribution in [0.15, 0.2) is 60.7 Å². The molecule has 0 heterocycles. The van der Waals surface area contributed by atoms with Gasteiger partial charge in [0, 0.05) is 5.02 Å². The molecule has 3 rings (SSSR count). The van der Waals surface area contributed by atoms with E-state index in [1.165, 1.54) is 27.5 Å². The molecule has 0 bridgehead atoms. The first-order valence-corrected chi connectivity index (χ1v) is 6.37. The third kappa shape index (κ3) is 2.00. The molecule has 0 saturated heterocycles. The highest BCUT2D eigenvalue weighted by atomic mass is 35.5. The summed E-state index contributed by atoms with van der Waals surface area (Å²) in [6.07, 6.45) is 0. The zero-order chi connectivity index (χ0) is 12.5. The van der Waals surface area contributed by atoms with Gasteiger partial charge >= 0.3 is 0 Å². The molecule has 0 nitrogen and oxygen atoms in total. The zero-order valence-electron chi connectivity index (χ0n) is 10.2. The Morgan fingerprint density at radius 2 is 1.56 bits per heavy atom. The monoisotopic (exact) mass is 252 g/mol. The van der Waals surface area contributed by atoms with Gasteiger partial charge in [0.1, 0.15) is 0 Å². The van der Waals surface area contributed by atoms with Gasteiger partial charge in [-0.1, -0.05) is 54.1 Å². The van der Waals surface area contributed by atoms with Crippen LogP contribution in [-0.2, 0) is 0 Å². The molecule has 0 atom stereocenters. The first kappa shape index (κ1) is 11.3. The fraction of sp³-hybridized carbons (Fsp3) is 0.0588. The van der Waals surface area contributed by atoms with Gasteiger partial charge in [-0.15, -0.1) is 0 Å². The molecule has 0 fully saturated rings. The van der Waals surface area contributed by atoms with E-state index in [-0.39, 0.29) is 0 Å². The topological polar surface area (TPSA) is 0 Å². The minimum atomic E-state index is 0.784. The summed E-state index contributed by atoms with van der Waals surface area (Å²) in [6, 6.07) is 20.9. The summed E-state index contributed by atoms with van der Waals surface area (Å²) in [7, 11) is 0. The van der Waals surface area contributed by atoms with E-state index in [9.17, 15) is 0 Å². The smallest absolute Gasteiger partial charge is 0.0412 e. The van der Waals surface area contributed by atoms with Crippen LogP contribution >= 0.6 is 11.6 Å². The number of benzene rings is 3. The van der Waals surface area contributed by atoms with E-state index in [0.717, 1.165) is 5.02 Å². The van der Waals surface area contributed by atoms with E-state index in [1.54, 1.807) is 0 Å². The lowest BCUT2D eigenvalue weighted by Crippen LogP contribution is -1.83. The number of halogens is 1. The maximum absolute atomic E-state index is 6.07. The van der Waals surface area contributed by atoms with Crippen LogP contribution in [0, 0.1) is 6.92 Å². The van der Waals surface area contributed by atoms with Gasteiger partial charge in [0.25, 0.3) is 0 Å². The Morgan fingerprint density at radius 1 is 0.778 bits per heavy atom. The molecular weight excluding hydrogens is 240 g/mol. The number of fused-ring (bicyclic) bond motifs is 1. The first-order valence-electron chi connectivity index (χ1n) is 5.99. The van der Waals surface area contributed by atoms with Crippen LogP contribution in [0.1, 0.15) is 5.56 Å². The van der Waals surface area contributed by atoms with Crippen molar-refractivity contribution in [1.82, 2.24) is 0 Å². The summed E-state index contributed by atoms with van der Waals surface area (Å²) < 4.78 is 0. The molecule has 0 radical (unpaired) electrons. The Morgan fingerprint density at radius 3 is 2.33 bits per heavy atom. The van der Waals surface area contributed by atoms with Gasteiger partial charge in [-0.05, 0) is 52.6 Å². The standard InChI is InChI=1S/C17H13Cl/c1-12-9-14(13-5-3-2-4-6-13)10-15-11-16(18)7-8-17(12)15/h2-11H,1H3. The second-order valence-corrected chi connectivity index (χ2v) is 4.96. The highest BCUT2D eigenvalue weighted by molar-refractivity contribution is 6.31. The van der Waals surface area contributed by atoms with Gasteiger partial charge in [0.15, 0.2) is 0 Å². The maximum Gasteiger partial charge on any atom is 0.0412 e. The average Bonchev–Trinajstić information content (AvgIpc) is 2.39. The number of hydrogen-bond donors (Lipinski definition) is 0. The molecule has 3 aromatic carbocycles. The lowest BCUT2D eigenvalue weighted by Gasteiger charge is -2.08. The molecule has 18 heavy (non-hydrogen) atoms. The van der Waals surface area contributed by atoms with Crippen molar-refractivity contribution in [3.63, 3.8) is 0 Å². The van der Waals surface area contributed by atoms with Crippen LogP contribution in [-0.4, -0.2) is 0 Å². The Kier molecular flexibility index (Phi) is 2.81. The maximum atomic E-state index is 6.07. The van der Waals surface area contributed by atoms with E-state index in [0.29, 0.717) is 0 Å². The number of rotatable bonds is 1. The molecule has 0 aliphatic heterocycles. The van der Waals surface area contributed by atoms with Gasteiger partial charge in [0.2, 0.25) is 0 Å². The molecule has 0 aromatic heterocycles. The summed E-state index contributed by atoms with van der Waals surface area (Å²) in [5.41, 5.74) is 3.76. The molecule has 3 aromatic rings. The van der Waals surface area contributed by atoms with Crippen molar-refractivity contribution >= 4 is 22.4 Å². The van der Waals surface area contributed by atoms with Crippen LogP contribution in [0.3, 0.4) is 0 Å². The highest BCUT2D eigenvalue weighted by Gasteiger charge is 2.03. The number of aryl methyl sites for hydroxylation is 1. The minimum absolute atomic E-state index is 0.784. The van der Waals surface area contributed by atoms with Gasteiger partial charge in [-0.3, -0.25) is 0 Å². The third-order valence-corrected chi connectivity index (χ3v) is 3.46. The van der Waals surface area contributed by atoms with Crippen molar-refractivity contribution in [2.75, 3.05) is 0 Å². The second kappa shape index (κ2) is 4.47. The third-order valence-electron chi connectivity index (χ3n) is 3.23. The molecule has 0 aliphatic rings. The van der Waals surface area contributed by atoms with Crippen molar-refractivity contribution in [2.24, 2.45) is 0 Å². The van der Waals surface area contributed by atoms with E-state index >= 15 is 0 Å². The molecule has 0 spiro atoms. The zero-order valence-corrected chi connectivity index (χ0v) is 10.9. The first-order chi connectivity index (χ1) is 8.74. The van der Waals surface area contributed by atoms with Gasteiger partial charge in [0.05, 0.1) is 0 Å². The van der Waals surface area contributed by atoms with Gasteiger partial charge in [-0.2, -0.15) is 0 Å². The van der Waals surface area contributed by atoms with Crippen LogP contribution in [0.5, 0.6) is 0 Å². The Hall–Kier alpha value is -1.79. The summed E-state index contributed by atoms with van der Waals surface area (Å²) in [5, 5.41) is 3.24. The molecule has 0 N–H and O–H groups in total. The van der Waals surface area contributed by atoms with E-state index < -0.39 is 0 Å². The SMILES string of the molecule is Cc1cc(-c2ccccc2)cc2cc(Cl)ccc12. The van der Waals surface area contributed by atoms with E-state index in [4.69, 9.17) is 11.6 Å².